The number of rotatable bonds is 6. The molecular weight excluding hydrogens is 316 g/mol. The van der Waals surface area contributed by atoms with Crippen molar-refractivity contribution in [2.45, 2.75) is 33.1 Å². The van der Waals surface area contributed by atoms with Gasteiger partial charge in [-0.2, -0.15) is 0 Å². The fourth-order valence-electron chi connectivity index (χ4n) is 4.18. The Morgan fingerprint density at radius 2 is 2.04 bits per heavy atom. The molecule has 5 heteroatoms. The zero-order valence-electron chi connectivity index (χ0n) is 15.5. The van der Waals surface area contributed by atoms with E-state index in [-0.39, 0.29) is 17.9 Å². The number of benzene rings is 1. The van der Waals surface area contributed by atoms with Crippen LogP contribution in [0, 0.1) is 19.3 Å². The number of amides is 1. The van der Waals surface area contributed by atoms with Gasteiger partial charge in [0.25, 0.3) is 0 Å². The van der Waals surface area contributed by atoms with Gasteiger partial charge in [-0.1, -0.05) is 12.1 Å². The molecule has 0 aromatic heterocycles. The summed E-state index contributed by atoms with van der Waals surface area (Å²) >= 11 is 0. The van der Waals surface area contributed by atoms with Crippen molar-refractivity contribution in [3.05, 3.63) is 29.3 Å². The number of piperidine rings is 1. The van der Waals surface area contributed by atoms with Gasteiger partial charge in [-0.15, -0.1) is 0 Å². The summed E-state index contributed by atoms with van der Waals surface area (Å²) in [6, 6.07) is 6.14. The summed E-state index contributed by atoms with van der Waals surface area (Å²) in [5.74, 6) is 1.20. The standard InChI is InChI=1S/C20H30N2O3/c1-16-5-3-6-18(17(16)2)25-14-12-21-10-8-20(15-21)7-4-9-22(11-13-23)19(20)24/h3,5-6,23H,4,7-15H2,1-2H3/t20-/m1/s1. The molecule has 2 aliphatic heterocycles. The van der Waals surface area contributed by atoms with E-state index in [4.69, 9.17) is 9.84 Å². The lowest BCUT2D eigenvalue weighted by Crippen LogP contribution is -2.50. The quantitative estimate of drug-likeness (QED) is 0.856. The van der Waals surface area contributed by atoms with Crippen molar-refractivity contribution in [2.75, 3.05) is 45.9 Å². The molecule has 1 aromatic carbocycles. The Labute approximate surface area is 150 Å². The fourth-order valence-corrected chi connectivity index (χ4v) is 4.18. The van der Waals surface area contributed by atoms with E-state index in [9.17, 15) is 4.79 Å². The Morgan fingerprint density at radius 3 is 2.84 bits per heavy atom. The third kappa shape index (κ3) is 3.82. The molecular formula is C20H30N2O3. The minimum Gasteiger partial charge on any atom is -0.492 e. The lowest BCUT2D eigenvalue weighted by atomic mass is 9.78. The number of β-amino-alcohol motifs (C(OH)–C–C–N with tert-alkyl or cyclic N) is 1. The smallest absolute Gasteiger partial charge is 0.230 e. The molecule has 25 heavy (non-hydrogen) atoms. The number of carbonyl (C=O) groups is 1. The van der Waals surface area contributed by atoms with Gasteiger partial charge in [-0.3, -0.25) is 9.69 Å². The molecule has 2 heterocycles. The molecule has 0 radical (unpaired) electrons. The molecule has 5 nitrogen and oxygen atoms in total. The average Bonchev–Trinajstić information content (AvgIpc) is 3.00. The highest BCUT2D eigenvalue weighted by Crippen LogP contribution is 2.39. The average molecular weight is 346 g/mol. The lowest BCUT2D eigenvalue weighted by molar-refractivity contribution is -0.146. The van der Waals surface area contributed by atoms with Crippen LogP contribution < -0.4 is 4.74 Å². The van der Waals surface area contributed by atoms with Gasteiger partial charge in [0.05, 0.1) is 12.0 Å². The van der Waals surface area contributed by atoms with Gasteiger partial charge in [0.1, 0.15) is 12.4 Å². The number of hydrogen-bond donors (Lipinski definition) is 1. The van der Waals surface area contributed by atoms with Crippen molar-refractivity contribution in [3.63, 3.8) is 0 Å². The highest BCUT2D eigenvalue weighted by Gasteiger charge is 2.47. The van der Waals surface area contributed by atoms with Gasteiger partial charge in [0.2, 0.25) is 5.91 Å². The first-order valence-corrected chi connectivity index (χ1v) is 9.37. The maximum Gasteiger partial charge on any atom is 0.230 e. The number of ether oxygens (including phenoxy) is 1. The second kappa shape index (κ2) is 7.75. The van der Waals surface area contributed by atoms with Crippen LogP contribution in [0.3, 0.4) is 0 Å². The van der Waals surface area contributed by atoms with E-state index in [0.717, 1.165) is 51.2 Å². The Kier molecular flexibility index (Phi) is 5.64. The first-order chi connectivity index (χ1) is 12.1. The molecule has 1 N–H and O–H groups in total. The van der Waals surface area contributed by atoms with E-state index in [0.29, 0.717) is 13.2 Å². The van der Waals surface area contributed by atoms with E-state index < -0.39 is 0 Å². The van der Waals surface area contributed by atoms with Crippen molar-refractivity contribution in [1.29, 1.82) is 0 Å². The molecule has 0 aliphatic carbocycles. The van der Waals surface area contributed by atoms with Crippen molar-refractivity contribution < 1.29 is 14.6 Å². The van der Waals surface area contributed by atoms with Crippen LogP contribution in [-0.2, 0) is 4.79 Å². The predicted octanol–water partition coefficient (Wildman–Crippen LogP) is 1.99. The second-order valence-electron chi connectivity index (χ2n) is 7.47. The van der Waals surface area contributed by atoms with Gasteiger partial charge in [0.15, 0.2) is 0 Å². The zero-order chi connectivity index (χ0) is 17.9. The van der Waals surface area contributed by atoms with Gasteiger partial charge in [-0.25, -0.2) is 0 Å². The van der Waals surface area contributed by atoms with Crippen LogP contribution in [-0.4, -0.2) is 66.8 Å². The molecule has 0 unspecified atom stereocenters. The van der Waals surface area contributed by atoms with Crippen molar-refractivity contribution in [1.82, 2.24) is 9.80 Å². The minimum absolute atomic E-state index is 0.0508. The summed E-state index contributed by atoms with van der Waals surface area (Å²) in [6.07, 6.45) is 2.94. The van der Waals surface area contributed by atoms with Crippen LogP contribution in [0.1, 0.15) is 30.4 Å². The van der Waals surface area contributed by atoms with Gasteiger partial charge in [-0.05, 0) is 56.8 Å². The third-order valence-corrected chi connectivity index (χ3v) is 5.85. The van der Waals surface area contributed by atoms with E-state index >= 15 is 0 Å². The first kappa shape index (κ1) is 18.2. The second-order valence-corrected chi connectivity index (χ2v) is 7.47. The lowest BCUT2D eigenvalue weighted by Gasteiger charge is -2.39. The number of nitrogens with zero attached hydrogens (tertiary/aromatic N) is 2. The van der Waals surface area contributed by atoms with Crippen molar-refractivity contribution in [2.24, 2.45) is 5.41 Å². The number of aliphatic hydroxyl groups excluding tert-OH is 1. The number of hydrogen-bond acceptors (Lipinski definition) is 4. The molecule has 2 fully saturated rings. The topological polar surface area (TPSA) is 53.0 Å². The first-order valence-electron chi connectivity index (χ1n) is 9.37. The molecule has 1 atom stereocenters. The van der Waals surface area contributed by atoms with Crippen LogP contribution >= 0.6 is 0 Å². The van der Waals surface area contributed by atoms with E-state index in [2.05, 4.69) is 24.8 Å². The molecule has 0 saturated carbocycles. The maximum absolute atomic E-state index is 12.8. The fraction of sp³-hybridized carbons (Fsp3) is 0.650. The number of likely N-dealkylation sites (tertiary alicyclic amines) is 2. The van der Waals surface area contributed by atoms with E-state index in [1.165, 1.54) is 11.1 Å². The van der Waals surface area contributed by atoms with Crippen LogP contribution in [0.2, 0.25) is 0 Å². The molecule has 138 valence electrons. The molecule has 1 amide bonds. The van der Waals surface area contributed by atoms with Gasteiger partial charge >= 0.3 is 0 Å². The van der Waals surface area contributed by atoms with Crippen LogP contribution in [0.25, 0.3) is 0 Å². The Bertz CT molecular complexity index is 617. The van der Waals surface area contributed by atoms with Crippen LogP contribution in [0.15, 0.2) is 18.2 Å². The zero-order valence-corrected chi connectivity index (χ0v) is 15.5. The van der Waals surface area contributed by atoms with E-state index in [1.807, 2.05) is 17.0 Å². The summed E-state index contributed by atoms with van der Waals surface area (Å²) in [7, 11) is 0. The van der Waals surface area contributed by atoms with Gasteiger partial charge < -0.3 is 14.7 Å². The third-order valence-electron chi connectivity index (χ3n) is 5.85. The van der Waals surface area contributed by atoms with Crippen molar-refractivity contribution >= 4 is 5.91 Å². The normalized spacial score (nSPS) is 24.3. The Morgan fingerprint density at radius 1 is 1.20 bits per heavy atom. The molecule has 2 aliphatic rings. The summed E-state index contributed by atoms with van der Waals surface area (Å²) in [6.45, 7) is 8.77. The highest BCUT2D eigenvalue weighted by molar-refractivity contribution is 5.84. The monoisotopic (exact) mass is 346 g/mol. The molecule has 0 bridgehead atoms. The molecule has 1 spiro atoms. The largest absolute Gasteiger partial charge is 0.492 e. The predicted molar refractivity (Wildman–Crippen MR) is 97.8 cm³/mol. The van der Waals surface area contributed by atoms with Crippen LogP contribution in [0.4, 0.5) is 0 Å². The Balaban J connectivity index is 1.53. The molecule has 3 rings (SSSR count). The number of aliphatic hydroxyl groups is 1. The summed E-state index contributed by atoms with van der Waals surface area (Å²) in [5.41, 5.74) is 2.21. The summed E-state index contributed by atoms with van der Waals surface area (Å²) in [4.78, 5) is 17.0. The SMILES string of the molecule is Cc1cccc(OCCN2CC[C@]3(CCCN(CCO)C3=O)C2)c1C. The van der Waals surface area contributed by atoms with Crippen molar-refractivity contribution in [3.8, 4) is 5.75 Å². The molecule has 2 saturated heterocycles. The Hall–Kier alpha value is -1.59. The highest BCUT2D eigenvalue weighted by atomic mass is 16.5. The van der Waals surface area contributed by atoms with Crippen LogP contribution in [0.5, 0.6) is 5.75 Å². The van der Waals surface area contributed by atoms with E-state index in [1.54, 1.807) is 0 Å². The summed E-state index contributed by atoms with van der Waals surface area (Å²) in [5, 5.41) is 9.16. The maximum atomic E-state index is 12.8. The summed E-state index contributed by atoms with van der Waals surface area (Å²) < 4.78 is 5.97. The number of aryl methyl sites for hydroxylation is 1. The minimum atomic E-state index is -0.229. The molecule has 1 aromatic rings. The van der Waals surface area contributed by atoms with Gasteiger partial charge in [0, 0.05) is 26.2 Å². The number of carbonyl (C=O) groups excluding carboxylic acids is 1.